The van der Waals surface area contributed by atoms with Crippen LogP contribution in [0, 0.1) is 68.7 Å². The molecule has 1 saturated heterocycles. The zero-order valence-electron chi connectivity index (χ0n) is 77.6. The third-order valence-corrected chi connectivity index (χ3v) is 21.2. The number of hydrogen-bond acceptors (Lipinski definition) is 30. The zero-order chi connectivity index (χ0) is 96.5. The standard InChI is InChI=1S/C18H25BN2O5.2C13H16N2O3.C13H15NO3.C12H14N2O6.C12H14N2O3.C8H10N2O3/c1-8-24-16(23)13-9-11-12(10-20(6)15(22)14(11)21(13)7)19-25-17(2,3)18(4,5)26-19;1-5-18-13(16)10-6-9-8(2)7-14-12(17-4)11(9)15(10)3;1-5-18-13(17)10-6-9-8(2)7-14(3)12(16)11(9)15(10)4;1-4-17-13(15)9-5-10-8(2)7-14-12(16-3)11(10)6-9;1-4-20-12(16)9(15)5-8-7(2)6-13-11(19-3)10(8)14(17)18;1-4-17-12(16)9-5-8-7(2)6-13-11(15)10(8)14(9)3;1-5-4-9-8(13-3)7(6(5)2)10(11)12/h9-10H,8H2,1-7H3;2*6-7H,5H2,1-4H3;5,7H,4,6H2,1-3H3;5-6,15H,4H2,1-3H3;5-6H,4H2,1-3H3,(H,13,15);4H,1-3H3/b;;;;9-5-;;. The smallest absolute Gasteiger partial charge is 0.497 e. The Balaban J connectivity index is 0.000000208. The second kappa shape index (κ2) is 43.7. The number of aryl methyl sites for hydroxylation is 12. The van der Waals surface area contributed by atoms with E-state index in [2.05, 4.69) is 29.7 Å². The third-order valence-electron chi connectivity index (χ3n) is 21.2. The Kier molecular flexibility index (Phi) is 34.5. The third kappa shape index (κ3) is 22.4. The van der Waals surface area contributed by atoms with E-state index in [1.54, 1.807) is 192 Å². The SMILES string of the molecule is CCOC(=O)/C(O)=C/c1c(C)cnc(OC)c1[N+](=O)[O-].CCOC(=O)C1=Cc2c(C)cnc(OC)c2C1.CCOC(=O)c1cc2c(B3OC(C)(C)C(C)(C)O3)cn(C)c(=O)c2n1C.CCOC(=O)c1cc2c(C)c[nH]c(=O)c2n1C.CCOC(=O)c1cc2c(C)cn(C)c(=O)c2n1C.CCOC(=O)c1cc2c(C)cnc(OC)c2n1C.COc1ncc(C)c(C)c1[N+](=O)[O-]. The summed E-state index contributed by atoms with van der Waals surface area (Å²) in [5.41, 5.74) is 11.0. The molecule has 39 nitrogen and oxygen atoms in total. The summed E-state index contributed by atoms with van der Waals surface area (Å²) in [7, 11) is 15.4. The maximum Gasteiger partial charge on any atom is 0.497 e. The predicted octanol–water partition coefficient (Wildman–Crippen LogP) is 11.4. The number of aliphatic hydroxyl groups is 1. The number of carbonyl (C=O) groups excluding carboxylic acids is 6. The molecule has 690 valence electrons. The topological polar surface area (TPSA) is 468 Å². The Morgan fingerprint density at radius 2 is 0.868 bits per heavy atom. The first-order chi connectivity index (χ1) is 60.8. The van der Waals surface area contributed by atoms with Gasteiger partial charge in [-0.1, -0.05) is 0 Å². The molecular weight excluding hydrogens is 1680 g/mol. The highest BCUT2D eigenvalue weighted by Gasteiger charge is 2.52. The van der Waals surface area contributed by atoms with E-state index in [-0.39, 0.29) is 64.8 Å². The molecule has 0 saturated carbocycles. The molecule has 11 aromatic rings. The van der Waals surface area contributed by atoms with Crippen molar-refractivity contribution in [2.75, 3.05) is 68.1 Å². The van der Waals surface area contributed by atoms with E-state index in [9.17, 15) is 68.5 Å². The minimum absolute atomic E-state index is 0.0346. The molecule has 11 aromatic heterocycles. The Morgan fingerprint density at radius 3 is 1.33 bits per heavy atom. The van der Waals surface area contributed by atoms with E-state index in [4.69, 9.17) is 51.9 Å². The minimum Gasteiger partial charge on any atom is -0.502 e. The molecule has 0 bridgehead atoms. The van der Waals surface area contributed by atoms with E-state index in [0.717, 1.165) is 66.7 Å². The molecular formula is C89H110BN13O26. The highest BCUT2D eigenvalue weighted by atomic mass is 16.7. The van der Waals surface area contributed by atoms with E-state index >= 15 is 0 Å². The molecule has 40 heteroatoms. The van der Waals surface area contributed by atoms with E-state index in [0.29, 0.717) is 111 Å². The number of aromatic nitrogens is 11. The van der Waals surface area contributed by atoms with Gasteiger partial charge in [-0.3, -0.25) is 34.6 Å². The van der Waals surface area contributed by atoms with Crippen molar-refractivity contribution >= 4 is 116 Å². The second-order valence-electron chi connectivity index (χ2n) is 30.2. The molecule has 0 unspecified atom stereocenters. The van der Waals surface area contributed by atoms with Crippen molar-refractivity contribution in [1.82, 2.24) is 52.3 Å². The Hall–Kier alpha value is -14.3. The van der Waals surface area contributed by atoms with Crippen molar-refractivity contribution < 1.29 is 100 Å². The van der Waals surface area contributed by atoms with E-state index in [1.807, 2.05) is 67.5 Å². The zero-order valence-corrected chi connectivity index (χ0v) is 77.6. The van der Waals surface area contributed by atoms with Gasteiger partial charge in [-0.2, -0.15) is 0 Å². The fraction of sp³-hybridized carbons (Fsp3) is 0.404. The van der Waals surface area contributed by atoms with Gasteiger partial charge in [0.05, 0.1) is 94.7 Å². The van der Waals surface area contributed by atoms with Crippen LogP contribution in [-0.4, -0.2) is 189 Å². The Morgan fingerprint density at radius 1 is 0.488 bits per heavy atom. The quantitative estimate of drug-likeness (QED) is 0.0136. The Bertz CT molecular complexity index is 6360. The number of hydrogen-bond donors (Lipinski definition) is 2. The van der Waals surface area contributed by atoms with Gasteiger partial charge in [0.25, 0.3) is 28.4 Å². The number of nitrogens with zero attached hydrogens (tertiary/aromatic N) is 12. The summed E-state index contributed by atoms with van der Waals surface area (Å²) in [6, 6.07) is 6.89. The number of H-pyrrole nitrogens is 1. The first-order valence-electron chi connectivity index (χ1n) is 40.6. The normalized spacial score (nSPS) is 12.6. The van der Waals surface area contributed by atoms with E-state index in [1.165, 1.54) is 29.6 Å². The molecule has 0 radical (unpaired) electrons. The molecule has 13 rings (SSSR count). The van der Waals surface area contributed by atoms with Gasteiger partial charge in [0, 0.05) is 142 Å². The molecule has 0 aromatic carbocycles. The van der Waals surface area contributed by atoms with Gasteiger partial charge in [-0.15, -0.1) is 0 Å². The monoisotopic (exact) mass is 1790 g/mol. The predicted molar refractivity (Wildman–Crippen MR) is 481 cm³/mol. The van der Waals surface area contributed by atoms with Crippen LogP contribution in [0.4, 0.5) is 11.4 Å². The molecule has 2 aliphatic rings. The first kappa shape index (κ1) is 102. The van der Waals surface area contributed by atoms with Gasteiger partial charge in [0.1, 0.15) is 44.8 Å². The largest absolute Gasteiger partial charge is 0.502 e. The average molecular weight is 1790 g/mol. The number of pyridine rings is 7. The molecule has 2 N–H and O–H groups in total. The number of esters is 6. The highest BCUT2D eigenvalue weighted by Crippen LogP contribution is 2.39. The number of rotatable bonds is 20. The van der Waals surface area contributed by atoms with Crippen molar-refractivity contribution in [3.8, 4) is 23.5 Å². The van der Waals surface area contributed by atoms with Crippen molar-refractivity contribution in [2.24, 2.45) is 42.3 Å². The van der Waals surface area contributed by atoms with E-state index < -0.39 is 63.5 Å². The lowest BCUT2D eigenvalue weighted by Gasteiger charge is -2.32. The first-order valence-corrected chi connectivity index (χ1v) is 40.6. The maximum atomic E-state index is 12.7. The van der Waals surface area contributed by atoms with Gasteiger partial charge in [0.15, 0.2) is 0 Å². The van der Waals surface area contributed by atoms with Crippen LogP contribution in [-0.2, 0) is 96.0 Å². The van der Waals surface area contributed by atoms with Crippen LogP contribution in [0.1, 0.15) is 167 Å². The lowest BCUT2D eigenvalue weighted by atomic mass is 9.78. The Labute approximate surface area is 742 Å². The molecule has 0 amide bonds. The van der Waals surface area contributed by atoms with Crippen LogP contribution >= 0.6 is 0 Å². The molecule has 0 atom stereocenters. The summed E-state index contributed by atoms with van der Waals surface area (Å²) in [4.78, 5) is 146. The maximum absolute atomic E-state index is 12.7. The van der Waals surface area contributed by atoms with Crippen molar-refractivity contribution in [3.05, 3.63) is 209 Å². The number of methoxy groups -OCH3 is 4. The molecule has 1 aliphatic heterocycles. The van der Waals surface area contributed by atoms with Gasteiger partial charge in [-0.25, -0.2) is 48.7 Å². The van der Waals surface area contributed by atoms with Gasteiger partial charge >= 0.3 is 54.3 Å². The van der Waals surface area contributed by atoms with Crippen LogP contribution < -0.4 is 41.1 Å². The minimum atomic E-state index is -0.961. The summed E-state index contributed by atoms with van der Waals surface area (Å²) >= 11 is 0. The second-order valence-corrected chi connectivity index (χ2v) is 30.2. The van der Waals surface area contributed by atoms with Crippen LogP contribution in [0.2, 0.25) is 0 Å². The number of fused-ring (bicyclic) bond motifs is 5. The summed E-state index contributed by atoms with van der Waals surface area (Å²) in [6.45, 7) is 32.8. The molecule has 1 aliphatic carbocycles. The molecule has 129 heavy (non-hydrogen) atoms. The van der Waals surface area contributed by atoms with Crippen LogP contribution in [0.5, 0.6) is 23.5 Å². The average Bonchev–Trinajstić information content (AvgIpc) is 1.58. The van der Waals surface area contributed by atoms with Crippen LogP contribution in [0.25, 0.3) is 55.8 Å². The summed E-state index contributed by atoms with van der Waals surface area (Å²) in [5, 5.41) is 34.5. The van der Waals surface area contributed by atoms with Crippen LogP contribution in [0.15, 0.2) is 93.4 Å². The molecule has 12 heterocycles. The number of nitrogens with one attached hydrogen (secondary N) is 1. The summed E-state index contributed by atoms with van der Waals surface area (Å²) in [5.74, 6) is -2.62. The van der Waals surface area contributed by atoms with Gasteiger partial charge in [-0.05, 0) is 187 Å². The molecule has 1 fully saturated rings. The van der Waals surface area contributed by atoms with Gasteiger partial charge in [0.2, 0.25) is 17.5 Å². The number of aliphatic hydroxyl groups excluding tert-OH is 1. The van der Waals surface area contributed by atoms with Crippen LogP contribution in [0.3, 0.4) is 0 Å². The van der Waals surface area contributed by atoms with Crippen molar-refractivity contribution in [2.45, 2.75) is 135 Å². The number of nitro groups is 2. The molecule has 0 spiro atoms. The number of carbonyl (C=O) groups is 6. The number of aromatic amines is 1. The van der Waals surface area contributed by atoms with Gasteiger partial charge < -0.3 is 94.2 Å². The fourth-order valence-corrected chi connectivity index (χ4v) is 13.7. The summed E-state index contributed by atoms with van der Waals surface area (Å²) in [6.07, 6.45) is 14.9. The fourth-order valence-electron chi connectivity index (χ4n) is 13.7. The van der Waals surface area contributed by atoms with Crippen molar-refractivity contribution in [3.63, 3.8) is 0 Å². The summed E-state index contributed by atoms with van der Waals surface area (Å²) < 4.78 is 71.5. The number of ether oxygens (including phenoxy) is 10. The lowest BCUT2D eigenvalue weighted by Crippen LogP contribution is -2.41. The highest BCUT2D eigenvalue weighted by molar-refractivity contribution is 6.65. The van der Waals surface area contributed by atoms with Crippen molar-refractivity contribution in [1.29, 1.82) is 0 Å². The lowest BCUT2D eigenvalue weighted by molar-refractivity contribution is -0.386.